The first kappa shape index (κ1) is 24.6. The number of carbonyl (C=O) groups excluding carboxylic acids is 1. The van der Waals surface area contributed by atoms with Gasteiger partial charge in [0.25, 0.3) is 0 Å². The molecular formula is C26H30N8O3. The van der Waals surface area contributed by atoms with Crippen molar-refractivity contribution >= 4 is 17.5 Å². The lowest BCUT2D eigenvalue weighted by Crippen LogP contribution is -2.29. The molecule has 11 nitrogen and oxygen atoms in total. The zero-order valence-electron chi connectivity index (χ0n) is 21.3. The van der Waals surface area contributed by atoms with Gasteiger partial charge in [0.2, 0.25) is 11.8 Å². The summed E-state index contributed by atoms with van der Waals surface area (Å²) in [6.07, 6.45) is 6.35. The number of carbonyl (C=O) groups is 1. The first-order chi connectivity index (χ1) is 17.7. The average molecular weight is 503 g/mol. The number of fused-ring (bicyclic) bond motifs is 1. The van der Waals surface area contributed by atoms with Gasteiger partial charge in [-0.15, -0.1) is 10.2 Å². The van der Waals surface area contributed by atoms with Crippen molar-refractivity contribution in [1.82, 2.24) is 35.3 Å². The summed E-state index contributed by atoms with van der Waals surface area (Å²) >= 11 is 0. The van der Waals surface area contributed by atoms with E-state index in [1.165, 1.54) is 0 Å². The predicted molar refractivity (Wildman–Crippen MR) is 136 cm³/mol. The van der Waals surface area contributed by atoms with Gasteiger partial charge in [0.05, 0.1) is 29.7 Å². The highest BCUT2D eigenvalue weighted by Crippen LogP contribution is 2.32. The van der Waals surface area contributed by atoms with Gasteiger partial charge in [-0.25, -0.2) is 9.97 Å². The number of nitrogens with one attached hydrogen (secondary N) is 2. The number of aliphatic hydroxyl groups is 1. The highest BCUT2D eigenvalue weighted by atomic mass is 16.4. The maximum Gasteiger partial charge on any atom is 0.309 e. The average Bonchev–Trinajstić information content (AvgIpc) is 3.48. The summed E-state index contributed by atoms with van der Waals surface area (Å²) in [7, 11) is 1.84. The summed E-state index contributed by atoms with van der Waals surface area (Å²) in [5.41, 5.74) is 3.97. The van der Waals surface area contributed by atoms with E-state index in [0.717, 1.165) is 28.1 Å². The number of hydrogen-bond acceptors (Lipinski definition) is 9. The van der Waals surface area contributed by atoms with Crippen LogP contribution in [0.25, 0.3) is 11.3 Å². The van der Waals surface area contributed by atoms with E-state index < -0.39 is 12.0 Å². The monoisotopic (exact) mass is 502 g/mol. The summed E-state index contributed by atoms with van der Waals surface area (Å²) in [6.45, 7) is 5.83. The molecule has 1 aliphatic carbocycles. The second kappa shape index (κ2) is 9.74. The molecular weight excluding hydrogens is 472 g/mol. The minimum atomic E-state index is -0.514. The molecule has 0 saturated carbocycles. The number of aliphatic hydroxyl groups excluding tert-OH is 1. The van der Waals surface area contributed by atoms with Crippen LogP contribution in [0.4, 0.5) is 11.6 Å². The normalized spacial score (nSPS) is 17.6. The van der Waals surface area contributed by atoms with Crippen LogP contribution in [0.1, 0.15) is 67.4 Å². The van der Waals surface area contributed by atoms with E-state index in [1.54, 1.807) is 17.1 Å². The Labute approximate surface area is 214 Å². The smallest absolute Gasteiger partial charge is 0.309 e. The van der Waals surface area contributed by atoms with Crippen LogP contribution >= 0.6 is 0 Å². The molecule has 192 valence electrons. The molecule has 1 aromatic carbocycles. The van der Waals surface area contributed by atoms with Crippen LogP contribution in [0, 0.1) is 0 Å². The van der Waals surface area contributed by atoms with Crippen LogP contribution < -0.4 is 10.6 Å². The third kappa shape index (κ3) is 5.51. The number of aryl methyl sites for hydroxylation is 1. The summed E-state index contributed by atoms with van der Waals surface area (Å²) in [5.74, 6) is 0.366. The van der Waals surface area contributed by atoms with Crippen LogP contribution in [-0.2, 0) is 18.9 Å². The first-order valence-electron chi connectivity index (χ1n) is 12.2. The fourth-order valence-corrected chi connectivity index (χ4v) is 4.33. The molecule has 2 atom stereocenters. The van der Waals surface area contributed by atoms with Gasteiger partial charge in [0.15, 0.2) is 0 Å². The number of amides is 1. The summed E-state index contributed by atoms with van der Waals surface area (Å²) in [4.78, 5) is 21.9. The fraction of sp³-hybridized carbons (Fsp3) is 0.385. The third-order valence-electron chi connectivity index (χ3n) is 6.24. The molecule has 0 radical (unpaired) electrons. The molecule has 4 aromatic rings. The lowest BCUT2D eigenvalue weighted by molar-refractivity contribution is 0.0890. The van der Waals surface area contributed by atoms with Crippen molar-refractivity contribution in [2.75, 3.05) is 5.32 Å². The van der Waals surface area contributed by atoms with Gasteiger partial charge >= 0.3 is 11.8 Å². The van der Waals surface area contributed by atoms with Gasteiger partial charge in [-0.3, -0.25) is 9.48 Å². The Kier molecular flexibility index (Phi) is 6.46. The van der Waals surface area contributed by atoms with Gasteiger partial charge in [-0.1, -0.05) is 32.9 Å². The molecule has 3 aromatic heterocycles. The minimum Gasteiger partial charge on any atom is -0.416 e. The molecule has 1 amide bonds. The minimum absolute atomic E-state index is 0.0671. The van der Waals surface area contributed by atoms with Crippen LogP contribution in [0.3, 0.4) is 0 Å². The number of hydrogen-bond donors (Lipinski definition) is 3. The summed E-state index contributed by atoms with van der Waals surface area (Å²) in [6, 6.07) is 7.51. The van der Waals surface area contributed by atoms with E-state index in [1.807, 2.05) is 58.3 Å². The molecule has 1 unspecified atom stereocenters. The molecule has 0 aliphatic heterocycles. The molecule has 0 saturated heterocycles. The van der Waals surface area contributed by atoms with Crippen molar-refractivity contribution in [3.8, 4) is 11.3 Å². The SMILES string of the molecule is Cn1cc(Nc2nccc(-c3ccc4c(c3)CC(O)CC[C@H]4NC(=O)c3nnc(C(C)(C)C)o3)n2)cn1. The first-order valence-corrected chi connectivity index (χ1v) is 12.2. The number of aromatic nitrogens is 6. The Morgan fingerprint density at radius 2 is 2.03 bits per heavy atom. The number of rotatable bonds is 5. The quantitative estimate of drug-likeness (QED) is 0.349. The van der Waals surface area contributed by atoms with Gasteiger partial charge in [-0.05, 0) is 42.5 Å². The summed E-state index contributed by atoms with van der Waals surface area (Å²) in [5, 5.41) is 28.9. The number of anilines is 2. The van der Waals surface area contributed by atoms with E-state index >= 15 is 0 Å². The van der Waals surface area contributed by atoms with Crippen molar-refractivity contribution in [1.29, 1.82) is 0 Å². The van der Waals surface area contributed by atoms with Crippen LogP contribution in [0.15, 0.2) is 47.3 Å². The highest BCUT2D eigenvalue weighted by Gasteiger charge is 2.28. The lowest BCUT2D eigenvalue weighted by Gasteiger charge is -2.19. The van der Waals surface area contributed by atoms with E-state index in [-0.39, 0.29) is 17.3 Å². The molecule has 37 heavy (non-hydrogen) atoms. The van der Waals surface area contributed by atoms with Gasteiger partial charge < -0.3 is 20.2 Å². The summed E-state index contributed by atoms with van der Waals surface area (Å²) < 4.78 is 7.31. The fourth-order valence-electron chi connectivity index (χ4n) is 4.33. The van der Waals surface area contributed by atoms with Crippen LogP contribution in [0.2, 0.25) is 0 Å². The van der Waals surface area contributed by atoms with Crippen molar-refractivity contribution in [3.63, 3.8) is 0 Å². The van der Waals surface area contributed by atoms with Gasteiger partial charge in [0.1, 0.15) is 0 Å². The molecule has 11 heteroatoms. The zero-order valence-corrected chi connectivity index (χ0v) is 21.3. The number of benzene rings is 1. The molecule has 0 spiro atoms. The molecule has 5 rings (SSSR count). The second-order valence-electron chi connectivity index (χ2n) is 10.3. The van der Waals surface area contributed by atoms with Crippen LogP contribution in [-0.4, -0.2) is 47.1 Å². The van der Waals surface area contributed by atoms with Crippen molar-refractivity contribution in [2.24, 2.45) is 7.05 Å². The predicted octanol–water partition coefficient (Wildman–Crippen LogP) is 3.47. The van der Waals surface area contributed by atoms with Crippen LogP contribution in [0.5, 0.6) is 0 Å². The maximum atomic E-state index is 12.9. The highest BCUT2D eigenvalue weighted by molar-refractivity contribution is 5.89. The molecule has 0 bridgehead atoms. The molecule has 3 N–H and O–H groups in total. The largest absolute Gasteiger partial charge is 0.416 e. The maximum absolute atomic E-state index is 12.9. The Bertz CT molecular complexity index is 1420. The standard InChI is InChI=1S/C26H30N8O3/c1-26(2,3)24-33-32-23(37-24)22(36)30-21-8-6-18(35)12-16-11-15(5-7-19(16)21)20-9-10-27-25(31-20)29-17-13-28-34(4)14-17/h5,7,9-11,13-14,18,21,35H,6,8,12H2,1-4H3,(H,30,36)(H,27,29,31)/t18?,21-/m1/s1. The molecule has 3 heterocycles. The van der Waals surface area contributed by atoms with Crippen molar-refractivity contribution in [3.05, 3.63) is 65.8 Å². The topological polar surface area (TPSA) is 144 Å². The van der Waals surface area contributed by atoms with E-state index in [0.29, 0.717) is 31.1 Å². The Hall–Kier alpha value is -4.12. The van der Waals surface area contributed by atoms with E-state index in [4.69, 9.17) is 4.42 Å². The van der Waals surface area contributed by atoms with Crippen molar-refractivity contribution in [2.45, 2.75) is 57.6 Å². The Balaban J connectivity index is 1.39. The number of nitrogens with zero attached hydrogens (tertiary/aromatic N) is 6. The Morgan fingerprint density at radius 1 is 1.19 bits per heavy atom. The zero-order chi connectivity index (χ0) is 26.2. The lowest BCUT2D eigenvalue weighted by atomic mass is 9.95. The molecule has 1 aliphatic rings. The third-order valence-corrected chi connectivity index (χ3v) is 6.24. The van der Waals surface area contributed by atoms with Crippen molar-refractivity contribution < 1.29 is 14.3 Å². The van der Waals surface area contributed by atoms with E-state index in [9.17, 15) is 9.90 Å². The Morgan fingerprint density at radius 3 is 2.76 bits per heavy atom. The van der Waals surface area contributed by atoms with Gasteiger partial charge in [-0.2, -0.15) is 5.10 Å². The van der Waals surface area contributed by atoms with Gasteiger partial charge in [0, 0.05) is 30.4 Å². The second-order valence-corrected chi connectivity index (χ2v) is 10.3. The van der Waals surface area contributed by atoms with E-state index in [2.05, 4.69) is 35.9 Å². The molecule has 0 fully saturated rings.